The topological polar surface area (TPSA) is 76.2 Å². The number of piperazine rings is 1. The summed E-state index contributed by atoms with van der Waals surface area (Å²) in [5, 5.41) is 6.05. The van der Waals surface area contributed by atoms with Crippen LogP contribution in [0.25, 0.3) is 0 Å². The molecule has 2 saturated heterocycles. The summed E-state index contributed by atoms with van der Waals surface area (Å²) in [7, 11) is 1.71. The standard InChI is InChI=1S/C28H36FN5O3/c1-20(2)26-27(36)32(16-8-7-11-21-9-5-4-6-10-21)18-24-33(26)25(35)19-31(3)34(24)28(37)30-17-22-12-14-23(29)15-13-22/h4-6,9-10,12-15,20,24,26H,7-8,11,16-19H2,1-3H3,(H,30,37)/t24-,26-/m0/s1. The number of urea groups is 1. The Bertz CT molecular complexity index is 1090. The van der Waals surface area contributed by atoms with Crippen molar-refractivity contribution in [2.45, 2.75) is 51.9 Å². The van der Waals surface area contributed by atoms with E-state index < -0.39 is 12.2 Å². The zero-order valence-electron chi connectivity index (χ0n) is 21.8. The average Bonchev–Trinajstić information content (AvgIpc) is 2.87. The first-order chi connectivity index (χ1) is 17.8. The van der Waals surface area contributed by atoms with Gasteiger partial charge in [-0.15, -0.1) is 0 Å². The summed E-state index contributed by atoms with van der Waals surface area (Å²) < 4.78 is 13.2. The van der Waals surface area contributed by atoms with E-state index in [1.807, 2.05) is 36.9 Å². The quantitative estimate of drug-likeness (QED) is 0.555. The van der Waals surface area contributed by atoms with Gasteiger partial charge in [0.2, 0.25) is 11.8 Å². The molecule has 4 amide bonds. The lowest BCUT2D eigenvalue weighted by Gasteiger charge is -2.55. The third-order valence-corrected chi connectivity index (χ3v) is 7.05. The molecule has 2 atom stereocenters. The number of likely N-dealkylation sites (N-methyl/N-ethyl adjacent to an activating group) is 1. The number of fused-ring (bicyclic) bond motifs is 1. The van der Waals surface area contributed by atoms with E-state index in [4.69, 9.17) is 0 Å². The molecule has 0 spiro atoms. The van der Waals surface area contributed by atoms with Gasteiger partial charge in [0, 0.05) is 20.1 Å². The van der Waals surface area contributed by atoms with Crippen LogP contribution in [0, 0.1) is 11.7 Å². The van der Waals surface area contributed by atoms with Crippen molar-refractivity contribution >= 4 is 17.8 Å². The molecule has 2 fully saturated rings. The zero-order chi connectivity index (χ0) is 26.5. The van der Waals surface area contributed by atoms with Crippen molar-refractivity contribution in [1.82, 2.24) is 25.1 Å². The first-order valence-corrected chi connectivity index (χ1v) is 12.9. The molecule has 2 aliphatic heterocycles. The van der Waals surface area contributed by atoms with Crippen molar-refractivity contribution in [1.29, 1.82) is 0 Å². The van der Waals surface area contributed by atoms with Gasteiger partial charge in [0.1, 0.15) is 18.0 Å². The summed E-state index contributed by atoms with van der Waals surface area (Å²) >= 11 is 0. The Kier molecular flexibility index (Phi) is 8.43. The molecular formula is C28H36FN5O3. The number of hydrazine groups is 1. The minimum Gasteiger partial charge on any atom is -0.337 e. The van der Waals surface area contributed by atoms with Gasteiger partial charge in [-0.1, -0.05) is 56.3 Å². The smallest absolute Gasteiger partial charge is 0.334 e. The van der Waals surface area contributed by atoms with E-state index in [-0.39, 0.29) is 49.2 Å². The molecule has 198 valence electrons. The molecular weight excluding hydrogens is 473 g/mol. The largest absolute Gasteiger partial charge is 0.337 e. The van der Waals surface area contributed by atoms with Crippen molar-refractivity contribution < 1.29 is 18.8 Å². The average molecular weight is 510 g/mol. The number of carbonyl (C=O) groups excluding carboxylic acids is 3. The fourth-order valence-electron chi connectivity index (χ4n) is 5.20. The Balaban J connectivity index is 1.47. The molecule has 0 unspecified atom stereocenters. The third kappa shape index (κ3) is 6.10. The fraction of sp³-hybridized carbons (Fsp3) is 0.464. The number of benzene rings is 2. The molecule has 0 aliphatic carbocycles. The molecule has 0 bridgehead atoms. The second kappa shape index (κ2) is 11.7. The maximum atomic E-state index is 13.5. The molecule has 0 saturated carbocycles. The molecule has 2 aliphatic rings. The van der Waals surface area contributed by atoms with Crippen LogP contribution in [-0.2, 0) is 22.6 Å². The van der Waals surface area contributed by atoms with Gasteiger partial charge in [0.15, 0.2) is 0 Å². The van der Waals surface area contributed by atoms with Crippen LogP contribution in [0.1, 0.15) is 37.8 Å². The third-order valence-electron chi connectivity index (χ3n) is 7.05. The van der Waals surface area contributed by atoms with Crippen LogP contribution in [0.2, 0.25) is 0 Å². The summed E-state index contributed by atoms with van der Waals surface area (Å²) in [6, 6.07) is 15.2. The minimum atomic E-state index is -0.624. The van der Waals surface area contributed by atoms with Gasteiger partial charge < -0.3 is 15.1 Å². The number of nitrogens with zero attached hydrogens (tertiary/aromatic N) is 4. The predicted octanol–water partition coefficient (Wildman–Crippen LogP) is 3.24. The molecule has 0 aromatic heterocycles. The van der Waals surface area contributed by atoms with Crippen LogP contribution >= 0.6 is 0 Å². The Morgan fingerprint density at radius 1 is 1.03 bits per heavy atom. The number of hydrogen-bond donors (Lipinski definition) is 1. The van der Waals surface area contributed by atoms with Crippen LogP contribution < -0.4 is 5.32 Å². The highest BCUT2D eigenvalue weighted by Gasteiger charge is 2.51. The fourth-order valence-corrected chi connectivity index (χ4v) is 5.20. The molecule has 37 heavy (non-hydrogen) atoms. The second-order valence-corrected chi connectivity index (χ2v) is 10.1. The lowest BCUT2D eigenvalue weighted by Crippen LogP contribution is -2.76. The monoisotopic (exact) mass is 509 g/mol. The first kappa shape index (κ1) is 26.6. The Morgan fingerprint density at radius 3 is 2.41 bits per heavy atom. The maximum Gasteiger partial charge on any atom is 0.334 e. The van der Waals surface area contributed by atoms with E-state index in [1.54, 1.807) is 34.1 Å². The van der Waals surface area contributed by atoms with E-state index in [0.717, 1.165) is 24.8 Å². The highest BCUT2D eigenvalue weighted by Crippen LogP contribution is 2.29. The Hall–Kier alpha value is -3.46. The van der Waals surface area contributed by atoms with Crippen molar-refractivity contribution in [3.05, 3.63) is 71.5 Å². The molecule has 4 rings (SSSR count). The van der Waals surface area contributed by atoms with Gasteiger partial charge in [0.25, 0.3) is 0 Å². The number of rotatable bonds is 8. The normalized spacial score (nSPS) is 20.4. The van der Waals surface area contributed by atoms with Crippen LogP contribution in [0.5, 0.6) is 0 Å². The predicted molar refractivity (Wildman–Crippen MR) is 138 cm³/mol. The van der Waals surface area contributed by atoms with Crippen LogP contribution in [-0.4, -0.2) is 76.6 Å². The number of aryl methyl sites for hydroxylation is 1. The second-order valence-electron chi connectivity index (χ2n) is 10.1. The van der Waals surface area contributed by atoms with E-state index in [0.29, 0.717) is 6.54 Å². The lowest BCUT2D eigenvalue weighted by molar-refractivity contribution is -0.189. The van der Waals surface area contributed by atoms with Gasteiger partial charge in [-0.25, -0.2) is 19.2 Å². The summed E-state index contributed by atoms with van der Waals surface area (Å²) in [5.74, 6) is -0.657. The van der Waals surface area contributed by atoms with E-state index >= 15 is 0 Å². The molecule has 9 heteroatoms. The number of carbonyl (C=O) groups is 3. The first-order valence-electron chi connectivity index (χ1n) is 12.9. The van der Waals surface area contributed by atoms with Gasteiger partial charge in [-0.3, -0.25) is 9.59 Å². The number of nitrogens with one attached hydrogen (secondary N) is 1. The Labute approximate surface area is 218 Å². The summed E-state index contributed by atoms with van der Waals surface area (Å²) in [6.07, 6.45) is 2.11. The number of hydrogen-bond acceptors (Lipinski definition) is 4. The van der Waals surface area contributed by atoms with Gasteiger partial charge in [0.05, 0.1) is 13.1 Å². The van der Waals surface area contributed by atoms with E-state index in [9.17, 15) is 18.8 Å². The van der Waals surface area contributed by atoms with E-state index in [2.05, 4.69) is 17.4 Å². The molecule has 2 aromatic rings. The number of halogens is 1. The van der Waals surface area contributed by atoms with Crippen LogP contribution in [0.4, 0.5) is 9.18 Å². The number of unbranched alkanes of at least 4 members (excludes halogenated alkanes) is 1. The van der Waals surface area contributed by atoms with Crippen molar-refractivity contribution in [3.8, 4) is 0 Å². The molecule has 1 N–H and O–H groups in total. The van der Waals surface area contributed by atoms with Crippen molar-refractivity contribution in [2.24, 2.45) is 5.92 Å². The lowest BCUT2D eigenvalue weighted by atomic mass is 9.96. The SMILES string of the molecule is CC(C)[C@H]1C(=O)N(CCCCc2ccccc2)C[C@H]2N1C(=O)CN(C)N2C(=O)NCc1ccc(F)cc1. The number of amides is 4. The van der Waals surface area contributed by atoms with Gasteiger partial charge in [-0.2, -0.15) is 0 Å². The van der Waals surface area contributed by atoms with Gasteiger partial charge in [-0.05, 0) is 48.4 Å². The highest BCUT2D eigenvalue weighted by molar-refractivity contribution is 5.91. The van der Waals surface area contributed by atoms with Crippen LogP contribution in [0.15, 0.2) is 54.6 Å². The molecule has 2 aromatic carbocycles. The maximum absolute atomic E-state index is 13.5. The zero-order valence-corrected chi connectivity index (χ0v) is 21.8. The van der Waals surface area contributed by atoms with Crippen LogP contribution in [0.3, 0.4) is 0 Å². The van der Waals surface area contributed by atoms with E-state index in [1.165, 1.54) is 17.7 Å². The summed E-state index contributed by atoms with van der Waals surface area (Å²) in [4.78, 5) is 43.4. The molecule has 8 nitrogen and oxygen atoms in total. The summed E-state index contributed by atoms with van der Waals surface area (Å²) in [5.41, 5.74) is 2.03. The van der Waals surface area contributed by atoms with Gasteiger partial charge >= 0.3 is 6.03 Å². The Morgan fingerprint density at radius 2 is 1.73 bits per heavy atom. The minimum absolute atomic E-state index is 0.00798. The van der Waals surface area contributed by atoms with Crippen molar-refractivity contribution in [2.75, 3.05) is 26.7 Å². The summed E-state index contributed by atoms with van der Waals surface area (Å²) in [6.45, 7) is 4.93. The highest BCUT2D eigenvalue weighted by atomic mass is 19.1. The van der Waals surface area contributed by atoms with Crippen molar-refractivity contribution in [3.63, 3.8) is 0 Å². The molecule has 2 heterocycles. The molecule has 0 radical (unpaired) electrons.